The number of ether oxygens (including phenoxy) is 1. The lowest BCUT2D eigenvalue weighted by Gasteiger charge is -2.19. The molecule has 1 saturated heterocycles. The first-order chi connectivity index (χ1) is 6.69. The number of hydrogen-bond donors (Lipinski definition) is 1. The van der Waals surface area contributed by atoms with E-state index in [1.165, 1.54) is 0 Å². The lowest BCUT2D eigenvalue weighted by molar-refractivity contribution is -0.131. The quantitative estimate of drug-likeness (QED) is 0.647. The van der Waals surface area contributed by atoms with Gasteiger partial charge in [-0.25, -0.2) is 0 Å². The topological polar surface area (TPSA) is 41.6 Å². The number of nitrogens with zero attached hydrogens (tertiary/aromatic N) is 1. The fourth-order valence-corrected chi connectivity index (χ4v) is 1.62. The molecule has 0 aromatic heterocycles. The van der Waals surface area contributed by atoms with E-state index in [1.54, 1.807) is 25.1 Å². The van der Waals surface area contributed by atoms with Crippen molar-refractivity contribution in [3.8, 4) is 0 Å². The van der Waals surface area contributed by atoms with Gasteiger partial charge in [0.05, 0.1) is 12.1 Å². The van der Waals surface area contributed by atoms with E-state index in [1.807, 2.05) is 0 Å². The Kier molecular flexibility index (Phi) is 4.10. The highest BCUT2D eigenvalue weighted by atomic mass is 16.5. The zero-order valence-corrected chi connectivity index (χ0v) is 8.82. The van der Waals surface area contributed by atoms with Crippen LogP contribution in [0, 0.1) is 0 Å². The van der Waals surface area contributed by atoms with E-state index in [2.05, 4.69) is 11.9 Å². The van der Waals surface area contributed by atoms with Crippen molar-refractivity contribution in [3.05, 3.63) is 12.7 Å². The largest absolute Gasteiger partial charge is 0.380 e. The summed E-state index contributed by atoms with van der Waals surface area (Å²) in [7, 11) is 3.46. The zero-order valence-electron chi connectivity index (χ0n) is 8.82. The summed E-state index contributed by atoms with van der Waals surface area (Å²) < 4.78 is 5.18. The maximum atomic E-state index is 11.8. The summed E-state index contributed by atoms with van der Waals surface area (Å²) in [4.78, 5) is 13.4. The predicted molar refractivity (Wildman–Crippen MR) is 55.0 cm³/mol. The second-order valence-corrected chi connectivity index (χ2v) is 3.56. The van der Waals surface area contributed by atoms with E-state index in [4.69, 9.17) is 4.74 Å². The van der Waals surface area contributed by atoms with E-state index in [0.29, 0.717) is 6.54 Å². The Labute approximate surface area is 84.9 Å². The Balaban J connectivity index is 2.42. The minimum absolute atomic E-state index is 0.0927. The van der Waals surface area contributed by atoms with Crippen LogP contribution >= 0.6 is 0 Å². The molecule has 14 heavy (non-hydrogen) atoms. The molecule has 0 aliphatic carbocycles. The molecule has 4 nitrogen and oxygen atoms in total. The molecule has 0 bridgehead atoms. The standard InChI is InChI=1S/C10H18N2O2/c1-4-5-12(2)10(13)9-6-8(14-3)7-11-9/h4,8-9,11H,1,5-7H2,2-3H3. The molecule has 4 heteroatoms. The maximum Gasteiger partial charge on any atom is 0.239 e. The van der Waals surface area contributed by atoms with Crippen LogP contribution in [0.15, 0.2) is 12.7 Å². The van der Waals surface area contributed by atoms with Gasteiger partial charge >= 0.3 is 0 Å². The van der Waals surface area contributed by atoms with Gasteiger partial charge in [-0.1, -0.05) is 6.08 Å². The van der Waals surface area contributed by atoms with Crippen LogP contribution in [0.4, 0.5) is 0 Å². The molecule has 1 aliphatic rings. The third kappa shape index (κ3) is 2.56. The molecule has 0 aromatic rings. The number of carbonyl (C=O) groups excluding carboxylic acids is 1. The van der Waals surface area contributed by atoms with Gasteiger partial charge in [0.1, 0.15) is 0 Å². The Morgan fingerprint density at radius 3 is 3.00 bits per heavy atom. The van der Waals surface area contributed by atoms with Crippen molar-refractivity contribution in [2.24, 2.45) is 0 Å². The number of methoxy groups -OCH3 is 1. The fraction of sp³-hybridized carbons (Fsp3) is 0.700. The van der Waals surface area contributed by atoms with Crippen molar-refractivity contribution in [1.29, 1.82) is 0 Å². The number of rotatable bonds is 4. The minimum atomic E-state index is -0.0927. The first-order valence-corrected chi connectivity index (χ1v) is 4.81. The predicted octanol–water partition coefficient (Wildman–Crippen LogP) is 0.00770. The summed E-state index contributed by atoms with van der Waals surface area (Å²) in [5.41, 5.74) is 0. The molecule has 0 aromatic carbocycles. The summed E-state index contributed by atoms with van der Waals surface area (Å²) in [5, 5.41) is 3.15. The van der Waals surface area contributed by atoms with Crippen LogP contribution in [0.5, 0.6) is 0 Å². The van der Waals surface area contributed by atoms with E-state index in [9.17, 15) is 4.79 Å². The van der Waals surface area contributed by atoms with Crippen molar-refractivity contribution in [2.75, 3.05) is 27.2 Å². The smallest absolute Gasteiger partial charge is 0.239 e. The number of nitrogens with one attached hydrogen (secondary N) is 1. The highest BCUT2D eigenvalue weighted by molar-refractivity contribution is 5.82. The Morgan fingerprint density at radius 1 is 1.79 bits per heavy atom. The van der Waals surface area contributed by atoms with Crippen molar-refractivity contribution < 1.29 is 9.53 Å². The van der Waals surface area contributed by atoms with Gasteiger partial charge in [-0.05, 0) is 6.42 Å². The van der Waals surface area contributed by atoms with Crippen molar-refractivity contribution in [2.45, 2.75) is 18.6 Å². The summed E-state index contributed by atoms with van der Waals surface area (Å²) in [5.74, 6) is 0.115. The SMILES string of the molecule is C=CCN(C)C(=O)C1CC(OC)CN1. The van der Waals surface area contributed by atoms with Gasteiger partial charge in [0.15, 0.2) is 0 Å². The molecule has 1 N–H and O–H groups in total. The van der Waals surface area contributed by atoms with Crippen LogP contribution < -0.4 is 5.32 Å². The molecule has 80 valence electrons. The molecule has 1 rings (SSSR count). The second-order valence-electron chi connectivity index (χ2n) is 3.56. The van der Waals surface area contributed by atoms with E-state index >= 15 is 0 Å². The monoisotopic (exact) mass is 198 g/mol. The molecular weight excluding hydrogens is 180 g/mol. The summed E-state index contributed by atoms with van der Waals surface area (Å²) in [6, 6.07) is -0.0927. The normalized spacial score (nSPS) is 26.1. The van der Waals surface area contributed by atoms with Gasteiger partial charge in [-0.15, -0.1) is 6.58 Å². The van der Waals surface area contributed by atoms with Crippen LogP contribution in [0.1, 0.15) is 6.42 Å². The second kappa shape index (κ2) is 5.12. The Morgan fingerprint density at radius 2 is 2.50 bits per heavy atom. The highest BCUT2D eigenvalue weighted by Gasteiger charge is 2.30. The van der Waals surface area contributed by atoms with Crippen molar-refractivity contribution in [1.82, 2.24) is 10.2 Å². The van der Waals surface area contributed by atoms with Gasteiger partial charge < -0.3 is 15.0 Å². The molecule has 1 heterocycles. The molecule has 1 fully saturated rings. The molecule has 0 spiro atoms. The molecular formula is C10H18N2O2. The number of amides is 1. The average molecular weight is 198 g/mol. The first kappa shape index (κ1) is 11.2. The average Bonchev–Trinajstić information content (AvgIpc) is 2.65. The van der Waals surface area contributed by atoms with E-state index in [-0.39, 0.29) is 18.1 Å². The fourth-order valence-electron chi connectivity index (χ4n) is 1.62. The van der Waals surface area contributed by atoms with Crippen molar-refractivity contribution >= 4 is 5.91 Å². The summed E-state index contributed by atoms with van der Waals surface area (Å²) >= 11 is 0. The zero-order chi connectivity index (χ0) is 10.6. The van der Waals surface area contributed by atoms with E-state index in [0.717, 1.165) is 13.0 Å². The maximum absolute atomic E-state index is 11.8. The summed E-state index contributed by atoms with van der Waals surface area (Å²) in [6.45, 7) is 4.95. The van der Waals surface area contributed by atoms with Crippen LogP contribution in [0.2, 0.25) is 0 Å². The Bertz CT molecular complexity index is 218. The lowest BCUT2D eigenvalue weighted by atomic mass is 10.2. The summed E-state index contributed by atoms with van der Waals surface area (Å²) in [6.07, 6.45) is 2.65. The lowest BCUT2D eigenvalue weighted by Crippen LogP contribution is -2.41. The number of likely N-dealkylation sites (N-methyl/N-ethyl adjacent to an activating group) is 1. The molecule has 1 aliphatic heterocycles. The van der Waals surface area contributed by atoms with Crippen LogP contribution in [0.25, 0.3) is 0 Å². The third-order valence-electron chi connectivity index (χ3n) is 2.50. The number of carbonyl (C=O) groups is 1. The molecule has 2 atom stereocenters. The third-order valence-corrected chi connectivity index (χ3v) is 2.50. The Hall–Kier alpha value is -0.870. The molecule has 0 saturated carbocycles. The van der Waals surface area contributed by atoms with Gasteiger partial charge in [-0.3, -0.25) is 4.79 Å². The van der Waals surface area contributed by atoms with E-state index < -0.39 is 0 Å². The van der Waals surface area contributed by atoms with Gasteiger partial charge in [0, 0.05) is 27.2 Å². The number of hydrogen-bond acceptors (Lipinski definition) is 3. The molecule has 2 unspecified atom stereocenters. The van der Waals surface area contributed by atoms with Crippen molar-refractivity contribution in [3.63, 3.8) is 0 Å². The van der Waals surface area contributed by atoms with Crippen LogP contribution in [0.3, 0.4) is 0 Å². The van der Waals surface area contributed by atoms with Gasteiger partial charge in [0.25, 0.3) is 0 Å². The molecule has 0 radical (unpaired) electrons. The first-order valence-electron chi connectivity index (χ1n) is 4.81. The van der Waals surface area contributed by atoms with Gasteiger partial charge in [-0.2, -0.15) is 0 Å². The molecule has 1 amide bonds. The van der Waals surface area contributed by atoms with Crippen LogP contribution in [-0.4, -0.2) is 50.2 Å². The highest BCUT2D eigenvalue weighted by Crippen LogP contribution is 2.11. The van der Waals surface area contributed by atoms with Gasteiger partial charge in [0.2, 0.25) is 5.91 Å². The minimum Gasteiger partial charge on any atom is -0.380 e. The van der Waals surface area contributed by atoms with Crippen LogP contribution in [-0.2, 0) is 9.53 Å².